The first-order chi connectivity index (χ1) is 14.7. The number of nitrogens with one attached hydrogen (secondary N) is 1. The van der Waals surface area contributed by atoms with E-state index in [0.717, 1.165) is 47.1 Å². The molecule has 4 aromatic rings. The van der Waals surface area contributed by atoms with Crippen LogP contribution in [0.5, 0.6) is 0 Å². The summed E-state index contributed by atoms with van der Waals surface area (Å²) in [6.07, 6.45) is 7.94. The fourth-order valence-electron chi connectivity index (χ4n) is 3.89. The number of aryl methyl sites for hydroxylation is 1. The van der Waals surface area contributed by atoms with Crippen molar-refractivity contribution in [2.75, 3.05) is 13.2 Å². The molecule has 1 saturated heterocycles. The molecule has 8 heteroatoms. The van der Waals surface area contributed by atoms with Gasteiger partial charge in [-0.05, 0) is 38.0 Å². The first-order valence-electron chi connectivity index (χ1n) is 10.1. The Morgan fingerprint density at radius 3 is 3.13 bits per heavy atom. The predicted molar refractivity (Wildman–Crippen MR) is 116 cm³/mol. The van der Waals surface area contributed by atoms with E-state index < -0.39 is 0 Å². The molecule has 1 aliphatic rings. The molecule has 0 bridgehead atoms. The Balaban J connectivity index is 1.41. The third kappa shape index (κ3) is 3.76. The number of imidazole rings is 1. The normalized spacial score (nSPS) is 16.4. The highest BCUT2D eigenvalue weighted by Gasteiger charge is 2.20. The Morgan fingerprint density at radius 1 is 1.40 bits per heavy atom. The molecule has 1 atom stereocenters. The standard InChI is InChI=1S/C22H23N5O2S/c1-15-25-16(13-30-15)11-26-12-19(24-14-26)21-9-18(20-6-2-3-7-27(20)21)22(28)23-10-17-5-4-8-29-17/h2-3,6-7,9,12-14,17H,4-5,8,10-11H2,1H3,(H,23,28)/t17-/m1/s1. The van der Waals surface area contributed by atoms with Crippen molar-refractivity contribution in [2.45, 2.75) is 32.4 Å². The van der Waals surface area contributed by atoms with Crippen LogP contribution in [-0.2, 0) is 11.3 Å². The highest BCUT2D eigenvalue weighted by atomic mass is 32.1. The van der Waals surface area contributed by atoms with E-state index in [1.807, 2.05) is 58.9 Å². The summed E-state index contributed by atoms with van der Waals surface area (Å²) in [5.74, 6) is -0.0853. The maximum Gasteiger partial charge on any atom is 0.253 e. The molecule has 30 heavy (non-hydrogen) atoms. The van der Waals surface area contributed by atoms with Gasteiger partial charge in [0.15, 0.2) is 0 Å². The zero-order valence-electron chi connectivity index (χ0n) is 16.7. The molecule has 0 aromatic carbocycles. The van der Waals surface area contributed by atoms with E-state index in [2.05, 4.69) is 20.7 Å². The predicted octanol–water partition coefficient (Wildman–Crippen LogP) is 3.52. The van der Waals surface area contributed by atoms with Gasteiger partial charge < -0.3 is 19.0 Å². The summed E-state index contributed by atoms with van der Waals surface area (Å²) in [7, 11) is 0. The topological polar surface area (TPSA) is 73.5 Å². The number of pyridine rings is 1. The fraction of sp³-hybridized carbons (Fsp3) is 0.318. The first-order valence-corrected chi connectivity index (χ1v) is 11.0. The highest BCUT2D eigenvalue weighted by molar-refractivity contribution is 7.09. The third-order valence-corrected chi connectivity index (χ3v) is 6.16. The largest absolute Gasteiger partial charge is 0.376 e. The molecule has 1 N–H and O–H groups in total. The van der Waals surface area contributed by atoms with Gasteiger partial charge in [0.25, 0.3) is 5.91 Å². The summed E-state index contributed by atoms with van der Waals surface area (Å²) in [6.45, 7) is 4.00. The number of aromatic nitrogens is 4. The van der Waals surface area contributed by atoms with Crippen molar-refractivity contribution in [3.05, 3.63) is 64.6 Å². The Bertz CT molecular complexity index is 1190. The SMILES string of the molecule is Cc1nc(Cn2cnc(-c3cc(C(=O)NC[C@H]4CCCO4)c4ccccn34)c2)cs1. The summed E-state index contributed by atoms with van der Waals surface area (Å²) in [5, 5.41) is 6.15. The monoisotopic (exact) mass is 421 g/mol. The average molecular weight is 422 g/mol. The minimum absolute atomic E-state index is 0.0853. The molecular formula is C22H23N5O2S. The molecule has 154 valence electrons. The average Bonchev–Trinajstić information content (AvgIpc) is 3.54. The van der Waals surface area contributed by atoms with Gasteiger partial charge in [-0.3, -0.25) is 4.79 Å². The fourth-order valence-corrected chi connectivity index (χ4v) is 4.49. The molecular weight excluding hydrogens is 398 g/mol. The van der Waals surface area contributed by atoms with Gasteiger partial charge in [0.1, 0.15) is 5.69 Å². The summed E-state index contributed by atoms with van der Waals surface area (Å²) in [4.78, 5) is 22.0. The third-order valence-electron chi connectivity index (χ3n) is 5.34. The Morgan fingerprint density at radius 2 is 2.33 bits per heavy atom. The van der Waals surface area contributed by atoms with Gasteiger partial charge in [0, 0.05) is 30.9 Å². The van der Waals surface area contributed by atoms with Gasteiger partial charge in [0.05, 0.1) is 46.5 Å². The number of fused-ring (bicyclic) bond motifs is 1. The van der Waals surface area contributed by atoms with E-state index in [-0.39, 0.29) is 12.0 Å². The second-order valence-electron chi connectivity index (χ2n) is 7.53. The van der Waals surface area contributed by atoms with Crippen LogP contribution in [0.3, 0.4) is 0 Å². The van der Waals surface area contributed by atoms with Crippen molar-refractivity contribution < 1.29 is 9.53 Å². The Kier molecular flexibility index (Phi) is 5.10. The molecule has 1 fully saturated rings. The van der Waals surface area contributed by atoms with Crippen molar-refractivity contribution >= 4 is 22.8 Å². The lowest BCUT2D eigenvalue weighted by Gasteiger charge is -2.10. The molecule has 7 nitrogen and oxygen atoms in total. The number of rotatable bonds is 6. The molecule has 0 spiro atoms. The van der Waals surface area contributed by atoms with E-state index in [4.69, 9.17) is 4.74 Å². The number of carbonyl (C=O) groups excluding carboxylic acids is 1. The molecule has 1 aliphatic heterocycles. The number of ether oxygens (including phenoxy) is 1. The van der Waals surface area contributed by atoms with Crippen molar-refractivity contribution in [1.29, 1.82) is 0 Å². The zero-order chi connectivity index (χ0) is 20.5. The smallest absolute Gasteiger partial charge is 0.253 e. The van der Waals surface area contributed by atoms with Crippen molar-refractivity contribution in [3.8, 4) is 11.4 Å². The van der Waals surface area contributed by atoms with Gasteiger partial charge in [-0.1, -0.05) is 6.07 Å². The van der Waals surface area contributed by atoms with Crippen molar-refractivity contribution in [2.24, 2.45) is 0 Å². The van der Waals surface area contributed by atoms with E-state index >= 15 is 0 Å². The van der Waals surface area contributed by atoms with Gasteiger partial charge in [0.2, 0.25) is 0 Å². The summed E-state index contributed by atoms with van der Waals surface area (Å²) >= 11 is 1.65. The maximum absolute atomic E-state index is 12.9. The van der Waals surface area contributed by atoms with Crippen LogP contribution in [0.25, 0.3) is 16.9 Å². The van der Waals surface area contributed by atoms with E-state index in [9.17, 15) is 4.79 Å². The number of amides is 1. The molecule has 4 aromatic heterocycles. The van der Waals surface area contributed by atoms with Crippen molar-refractivity contribution in [1.82, 2.24) is 24.3 Å². The lowest BCUT2D eigenvalue weighted by Crippen LogP contribution is -2.31. The van der Waals surface area contributed by atoms with Crippen LogP contribution in [0, 0.1) is 6.92 Å². The molecule has 0 aliphatic carbocycles. The molecule has 0 unspecified atom stereocenters. The van der Waals surface area contributed by atoms with Gasteiger partial charge in [-0.2, -0.15) is 0 Å². The summed E-state index contributed by atoms with van der Waals surface area (Å²) in [6, 6.07) is 7.78. The van der Waals surface area contributed by atoms with Crippen LogP contribution in [-0.4, -0.2) is 44.1 Å². The molecule has 0 saturated carbocycles. The van der Waals surface area contributed by atoms with Gasteiger partial charge in [-0.15, -0.1) is 11.3 Å². The zero-order valence-corrected chi connectivity index (χ0v) is 17.6. The molecule has 1 amide bonds. The summed E-state index contributed by atoms with van der Waals surface area (Å²) in [5.41, 5.74) is 4.24. The minimum atomic E-state index is -0.0853. The number of hydrogen-bond acceptors (Lipinski definition) is 5. The number of carbonyl (C=O) groups is 1. The second-order valence-corrected chi connectivity index (χ2v) is 8.60. The van der Waals surface area contributed by atoms with Crippen LogP contribution < -0.4 is 5.32 Å². The number of hydrogen-bond donors (Lipinski definition) is 1. The van der Waals surface area contributed by atoms with E-state index in [1.165, 1.54) is 0 Å². The number of nitrogens with zero attached hydrogens (tertiary/aromatic N) is 4. The van der Waals surface area contributed by atoms with E-state index in [0.29, 0.717) is 18.7 Å². The molecule has 5 heterocycles. The minimum Gasteiger partial charge on any atom is -0.376 e. The Labute approximate surface area is 178 Å². The van der Waals surface area contributed by atoms with Gasteiger partial charge in [-0.25, -0.2) is 9.97 Å². The van der Waals surface area contributed by atoms with Crippen LogP contribution in [0.4, 0.5) is 0 Å². The quantitative estimate of drug-likeness (QED) is 0.517. The molecule has 0 radical (unpaired) electrons. The van der Waals surface area contributed by atoms with Crippen LogP contribution in [0.15, 0.2) is 48.4 Å². The highest BCUT2D eigenvalue weighted by Crippen LogP contribution is 2.25. The molecule has 5 rings (SSSR count). The van der Waals surface area contributed by atoms with Crippen LogP contribution in [0.1, 0.15) is 33.9 Å². The second kappa shape index (κ2) is 8.04. The lowest BCUT2D eigenvalue weighted by molar-refractivity contribution is 0.0859. The maximum atomic E-state index is 12.9. The number of thiazole rings is 1. The van der Waals surface area contributed by atoms with Crippen LogP contribution >= 0.6 is 11.3 Å². The van der Waals surface area contributed by atoms with Crippen molar-refractivity contribution in [3.63, 3.8) is 0 Å². The van der Waals surface area contributed by atoms with Crippen LogP contribution in [0.2, 0.25) is 0 Å². The lowest BCUT2D eigenvalue weighted by atomic mass is 10.2. The first kappa shape index (κ1) is 19.0. The van der Waals surface area contributed by atoms with E-state index in [1.54, 1.807) is 11.3 Å². The Hall–Kier alpha value is -2.97. The summed E-state index contributed by atoms with van der Waals surface area (Å²) < 4.78 is 9.65. The van der Waals surface area contributed by atoms with Gasteiger partial charge >= 0.3 is 0 Å².